The molecule has 0 saturated heterocycles. The number of likely N-dealkylation sites (N-methyl/N-ethyl adjacent to an activating group) is 1. The first-order valence-corrected chi connectivity index (χ1v) is 6.15. The molecule has 3 nitrogen and oxygen atoms in total. The van der Waals surface area contributed by atoms with Crippen molar-refractivity contribution in [3.05, 3.63) is 46.2 Å². The van der Waals surface area contributed by atoms with Crippen LogP contribution in [0.15, 0.2) is 29.9 Å². The maximum Gasteiger partial charge on any atom is 0.0947 e. The van der Waals surface area contributed by atoms with Gasteiger partial charge in [-0.15, -0.1) is 11.3 Å². The first-order chi connectivity index (χ1) is 7.79. The van der Waals surface area contributed by atoms with Gasteiger partial charge in [0.05, 0.1) is 5.01 Å². The number of aromatic nitrogens is 2. The second-order valence-corrected chi connectivity index (χ2v) is 4.66. The number of thiazole rings is 1. The van der Waals surface area contributed by atoms with Crippen LogP contribution in [-0.4, -0.2) is 17.0 Å². The molecular weight excluding hydrogens is 218 g/mol. The Morgan fingerprint density at radius 3 is 2.94 bits per heavy atom. The summed E-state index contributed by atoms with van der Waals surface area (Å²) in [5.74, 6) is 0. The zero-order chi connectivity index (χ0) is 11.4. The Morgan fingerprint density at radius 1 is 1.50 bits per heavy atom. The molecule has 0 aliphatic carbocycles. The van der Waals surface area contributed by atoms with Crippen LogP contribution in [0, 0.1) is 6.92 Å². The molecule has 1 N–H and O–H groups in total. The lowest BCUT2D eigenvalue weighted by molar-refractivity contribution is 0.588. The maximum absolute atomic E-state index is 4.48. The molecule has 16 heavy (non-hydrogen) atoms. The molecule has 0 radical (unpaired) electrons. The number of pyridine rings is 1. The molecule has 1 unspecified atom stereocenters. The zero-order valence-electron chi connectivity index (χ0n) is 9.47. The van der Waals surface area contributed by atoms with E-state index in [0.717, 1.165) is 12.1 Å². The summed E-state index contributed by atoms with van der Waals surface area (Å²) < 4.78 is 0. The summed E-state index contributed by atoms with van der Waals surface area (Å²) in [4.78, 5) is 8.63. The van der Waals surface area contributed by atoms with Crippen LogP contribution in [0.1, 0.15) is 22.3 Å². The standard InChI is InChI=1S/C12H15N3S/c1-9-8-16-12(15-9)6-11(13-2)10-4-3-5-14-7-10/h3-5,7-8,11,13H,6H2,1-2H3. The van der Waals surface area contributed by atoms with Crippen molar-refractivity contribution in [2.24, 2.45) is 0 Å². The highest BCUT2D eigenvalue weighted by Gasteiger charge is 2.11. The van der Waals surface area contributed by atoms with Crippen LogP contribution in [0.3, 0.4) is 0 Å². The summed E-state index contributed by atoms with van der Waals surface area (Å²) in [7, 11) is 1.97. The lowest BCUT2D eigenvalue weighted by atomic mass is 10.1. The van der Waals surface area contributed by atoms with E-state index < -0.39 is 0 Å². The van der Waals surface area contributed by atoms with Gasteiger partial charge in [-0.3, -0.25) is 4.98 Å². The van der Waals surface area contributed by atoms with E-state index in [1.54, 1.807) is 17.5 Å². The average Bonchev–Trinajstić information content (AvgIpc) is 2.73. The Kier molecular flexibility index (Phi) is 3.64. The third-order valence-electron chi connectivity index (χ3n) is 2.48. The molecule has 0 amide bonds. The first-order valence-electron chi connectivity index (χ1n) is 5.28. The van der Waals surface area contributed by atoms with Crippen molar-refractivity contribution in [2.75, 3.05) is 7.05 Å². The molecule has 84 valence electrons. The monoisotopic (exact) mass is 233 g/mol. The second-order valence-electron chi connectivity index (χ2n) is 3.71. The molecule has 2 heterocycles. The predicted molar refractivity (Wildman–Crippen MR) is 66.6 cm³/mol. The summed E-state index contributed by atoms with van der Waals surface area (Å²) >= 11 is 1.72. The highest BCUT2D eigenvalue weighted by atomic mass is 32.1. The number of hydrogen-bond acceptors (Lipinski definition) is 4. The van der Waals surface area contributed by atoms with E-state index in [1.807, 2.05) is 26.2 Å². The molecule has 0 fully saturated rings. The summed E-state index contributed by atoms with van der Waals surface area (Å²) in [6.07, 6.45) is 4.62. The predicted octanol–water partition coefficient (Wildman–Crippen LogP) is 2.35. The molecule has 0 aromatic carbocycles. The largest absolute Gasteiger partial charge is 0.313 e. The summed E-state index contributed by atoms with van der Waals surface area (Å²) in [6.45, 7) is 2.03. The average molecular weight is 233 g/mol. The molecular formula is C12H15N3S. The van der Waals surface area contributed by atoms with Crippen molar-refractivity contribution < 1.29 is 0 Å². The van der Waals surface area contributed by atoms with Gasteiger partial charge in [0.2, 0.25) is 0 Å². The number of hydrogen-bond donors (Lipinski definition) is 1. The van der Waals surface area contributed by atoms with Crippen molar-refractivity contribution in [1.82, 2.24) is 15.3 Å². The first kappa shape index (κ1) is 11.2. The normalized spacial score (nSPS) is 12.6. The van der Waals surface area contributed by atoms with Crippen LogP contribution < -0.4 is 5.32 Å². The van der Waals surface area contributed by atoms with Gasteiger partial charge in [-0.1, -0.05) is 6.07 Å². The van der Waals surface area contributed by atoms with Crippen molar-refractivity contribution in [1.29, 1.82) is 0 Å². The molecule has 4 heteroatoms. The van der Waals surface area contributed by atoms with Gasteiger partial charge in [-0.25, -0.2) is 4.98 Å². The molecule has 0 aliphatic heterocycles. The van der Waals surface area contributed by atoms with Gasteiger partial charge in [0.25, 0.3) is 0 Å². The Balaban J connectivity index is 2.12. The zero-order valence-corrected chi connectivity index (χ0v) is 10.3. The third kappa shape index (κ3) is 2.65. The third-order valence-corrected chi connectivity index (χ3v) is 3.47. The van der Waals surface area contributed by atoms with Crippen LogP contribution in [0.5, 0.6) is 0 Å². The highest BCUT2D eigenvalue weighted by Crippen LogP contribution is 2.19. The quantitative estimate of drug-likeness (QED) is 0.881. The van der Waals surface area contributed by atoms with Crippen molar-refractivity contribution in [3.8, 4) is 0 Å². The molecule has 0 saturated carbocycles. The molecule has 0 spiro atoms. The number of nitrogens with zero attached hydrogens (tertiary/aromatic N) is 2. The summed E-state index contributed by atoms with van der Waals surface area (Å²) in [5, 5.41) is 6.56. The summed E-state index contributed by atoms with van der Waals surface area (Å²) in [6, 6.07) is 4.35. The van der Waals surface area contributed by atoms with Crippen LogP contribution in [0.2, 0.25) is 0 Å². The Morgan fingerprint density at radius 2 is 2.38 bits per heavy atom. The van der Waals surface area contributed by atoms with Gasteiger partial charge in [0.1, 0.15) is 0 Å². The van der Waals surface area contributed by atoms with Gasteiger partial charge >= 0.3 is 0 Å². The lowest BCUT2D eigenvalue weighted by Crippen LogP contribution is -2.18. The fraction of sp³-hybridized carbons (Fsp3) is 0.333. The van der Waals surface area contributed by atoms with Crippen molar-refractivity contribution >= 4 is 11.3 Å². The van der Waals surface area contributed by atoms with Gasteiger partial charge in [-0.2, -0.15) is 0 Å². The molecule has 2 aromatic heterocycles. The van der Waals surface area contributed by atoms with Gasteiger partial charge < -0.3 is 5.32 Å². The van der Waals surface area contributed by atoms with Gasteiger partial charge in [-0.05, 0) is 25.6 Å². The van der Waals surface area contributed by atoms with Crippen molar-refractivity contribution in [3.63, 3.8) is 0 Å². The van der Waals surface area contributed by atoms with Gasteiger partial charge in [0, 0.05) is 35.9 Å². The van der Waals surface area contributed by atoms with Crippen LogP contribution >= 0.6 is 11.3 Å². The topological polar surface area (TPSA) is 37.8 Å². The minimum Gasteiger partial charge on any atom is -0.313 e. The second kappa shape index (κ2) is 5.18. The lowest BCUT2D eigenvalue weighted by Gasteiger charge is -2.14. The highest BCUT2D eigenvalue weighted by molar-refractivity contribution is 7.09. The van der Waals surface area contributed by atoms with E-state index >= 15 is 0 Å². The van der Waals surface area contributed by atoms with Crippen LogP contribution in [0.25, 0.3) is 0 Å². The van der Waals surface area contributed by atoms with E-state index in [1.165, 1.54) is 10.6 Å². The van der Waals surface area contributed by atoms with Crippen LogP contribution in [0.4, 0.5) is 0 Å². The van der Waals surface area contributed by atoms with Crippen molar-refractivity contribution in [2.45, 2.75) is 19.4 Å². The molecule has 1 atom stereocenters. The van der Waals surface area contributed by atoms with E-state index in [4.69, 9.17) is 0 Å². The fourth-order valence-corrected chi connectivity index (χ4v) is 2.46. The minimum absolute atomic E-state index is 0.291. The van der Waals surface area contributed by atoms with E-state index in [0.29, 0.717) is 6.04 Å². The van der Waals surface area contributed by atoms with Crippen LogP contribution in [-0.2, 0) is 6.42 Å². The number of nitrogens with one attached hydrogen (secondary N) is 1. The van der Waals surface area contributed by atoms with Gasteiger partial charge in [0.15, 0.2) is 0 Å². The molecule has 2 aromatic rings. The smallest absolute Gasteiger partial charge is 0.0947 e. The fourth-order valence-electron chi connectivity index (χ4n) is 1.64. The van der Waals surface area contributed by atoms with E-state index in [2.05, 4.69) is 26.7 Å². The maximum atomic E-state index is 4.48. The van der Waals surface area contributed by atoms with E-state index in [-0.39, 0.29) is 0 Å². The number of aryl methyl sites for hydroxylation is 1. The SMILES string of the molecule is CNC(Cc1nc(C)cs1)c1cccnc1. The number of rotatable bonds is 4. The molecule has 0 aliphatic rings. The van der Waals surface area contributed by atoms with E-state index in [9.17, 15) is 0 Å². The minimum atomic E-state index is 0.291. The molecule has 0 bridgehead atoms. The Bertz CT molecular complexity index is 439. The Labute approximate surface area is 99.6 Å². The summed E-state index contributed by atoms with van der Waals surface area (Å²) in [5.41, 5.74) is 2.30. The molecule has 2 rings (SSSR count). The Hall–Kier alpha value is -1.26.